The standard InChI is InChI=1S/C16H19N7/c1-22-16(19-20-21-22)23-9-7-13(8-10-23)15-17-11-14(18-15)12-5-3-2-4-6-12/h2-6,11,13H,7-10H2,1H3,(H,17,18). The minimum absolute atomic E-state index is 0.463. The molecule has 2 aromatic heterocycles. The van der Waals surface area contributed by atoms with E-state index in [4.69, 9.17) is 0 Å². The summed E-state index contributed by atoms with van der Waals surface area (Å²) in [6.45, 7) is 1.89. The van der Waals surface area contributed by atoms with Crippen molar-refractivity contribution >= 4 is 5.95 Å². The molecule has 118 valence electrons. The van der Waals surface area contributed by atoms with Gasteiger partial charge in [0.2, 0.25) is 5.95 Å². The number of H-pyrrole nitrogens is 1. The maximum Gasteiger partial charge on any atom is 0.245 e. The van der Waals surface area contributed by atoms with Crippen LogP contribution in [0.15, 0.2) is 36.5 Å². The predicted octanol–water partition coefficient (Wildman–Crippen LogP) is 1.98. The molecule has 1 aromatic carbocycles. The number of benzene rings is 1. The van der Waals surface area contributed by atoms with E-state index in [1.807, 2.05) is 31.4 Å². The number of piperidine rings is 1. The number of aryl methyl sites for hydroxylation is 1. The number of aromatic nitrogens is 6. The van der Waals surface area contributed by atoms with Crippen LogP contribution >= 0.6 is 0 Å². The van der Waals surface area contributed by atoms with Crippen molar-refractivity contribution in [3.8, 4) is 11.3 Å². The van der Waals surface area contributed by atoms with Crippen molar-refractivity contribution in [1.82, 2.24) is 30.2 Å². The topological polar surface area (TPSA) is 75.5 Å². The van der Waals surface area contributed by atoms with Gasteiger partial charge in [-0.2, -0.15) is 0 Å². The lowest BCUT2D eigenvalue weighted by Gasteiger charge is -2.30. The van der Waals surface area contributed by atoms with E-state index in [-0.39, 0.29) is 0 Å². The van der Waals surface area contributed by atoms with Gasteiger partial charge < -0.3 is 9.88 Å². The molecular formula is C16H19N7. The Balaban J connectivity index is 1.45. The van der Waals surface area contributed by atoms with Crippen LogP contribution in [0.5, 0.6) is 0 Å². The lowest BCUT2D eigenvalue weighted by Crippen LogP contribution is -2.35. The number of nitrogens with zero attached hydrogens (tertiary/aromatic N) is 6. The molecule has 0 unspecified atom stereocenters. The molecule has 1 aliphatic heterocycles. The molecule has 1 N–H and O–H groups in total. The highest BCUT2D eigenvalue weighted by Gasteiger charge is 2.25. The largest absolute Gasteiger partial charge is 0.342 e. The van der Waals surface area contributed by atoms with Gasteiger partial charge >= 0.3 is 0 Å². The molecule has 3 heterocycles. The van der Waals surface area contributed by atoms with E-state index >= 15 is 0 Å². The van der Waals surface area contributed by atoms with Gasteiger partial charge in [0.1, 0.15) is 5.82 Å². The molecule has 1 aliphatic rings. The number of hydrogen-bond acceptors (Lipinski definition) is 5. The van der Waals surface area contributed by atoms with Gasteiger partial charge in [-0.25, -0.2) is 9.67 Å². The van der Waals surface area contributed by atoms with Gasteiger partial charge in [0.25, 0.3) is 0 Å². The monoisotopic (exact) mass is 309 g/mol. The van der Waals surface area contributed by atoms with Gasteiger partial charge in [0.15, 0.2) is 0 Å². The molecule has 3 aromatic rings. The number of anilines is 1. The number of rotatable bonds is 3. The Kier molecular flexibility index (Phi) is 3.53. The van der Waals surface area contributed by atoms with Crippen molar-refractivity contribution in [2.24, 2.45) is 7.05 Å². The molecule has 7 nitrogen and oxygen atoms in total. The van der Waals surface area contributed by atoms with Gasteiger partial charge in [0.05, 0.1) is 11.9 Å². The van der Waals surface area contributed by atoms with Crippen LogP contribution in [0, 0.1) is 0 Å². The second kappa shape index (κ2) is 5.83. The smallest absolute Gasteiger partial charge is 0.245 e. The van der Waals surface area contributed by atoms with Crippen LogP contribution in [0.4, 0.5) is 5.95 Å². The molecule has 0 saturated carbocycles. The van der Waals surface area contributed by atoms with Crippen LogP contribution in [0.3, 0.4) is 0 Å². The number of imidazole rings is 1. The van der Waals surface area contributed by atoms with Crippen LogP contribution in [0.1, 0.15) is 24.6 Å². The molecule has 0 aliphatic carbocycles. The highest BCUT2D eigenvalue weighted by atomic mass is 15.6. The fraction of sp³-hybridized carbons (Fsp3) is 0.375. The minimum atomic E-state index is 0.463. The Morgan fingerprint density at radius 3 is 2.61 bits per heavy atom. The van der Waals surface area contributed by atoms with E-state index in [0.717, 1.165) is 43.4 Å². The summed E-state index contributed by atoms with van der Waals surface area (Å²) in [7, 11) is 1.88. The molecule has 0 radical (unpaired) electrons. The summed E-state index contributed by atoms with van der Waals surface area (Å²) in [5, 5.41) is 11.7. The fourth-order valence-corrected chi connectivity index (χ4v) is 3.15. The molecule has 23 heavy (non-hydrogen) atoms. The zero-order valence-electron chi connectivity index (χ0n) is 13.1. The maximum atomic E-state index is 4.60. The number of nitrogens with one attached hydrogen (secondary N) is 1. The summed E-state index contributed by atoms with van der Waals surface area (Å²) in [6.07, 6.45) is 4.03. The Labute approximate surface area is 134 Å². The van der Waals surface area contributed by atoms with E-state index in [1.54, 1.807) is 4.68 Å². The van der Waals surface area contributed by atoms with Crippen LogP contribution in [0.2, 0.25) is 0 Å². The predicted molar refractivity (Wildman–Crippen MR) is 87.0 cm³/mol. The Hall–Kier alpha value is -2.70. The van der Waals surface area contributed by atoms with Crippen molar-refractivity contribution in [2.45, 2.75) is 18.8 Å². The minimum Gasteiger partial charge on any atom is -0.342 e. The average molecular weight is 309 g/mol. The van der Waals surface area contributed by atoms with Gasteiger partial charge in [-0.3, -0.25) is 0 Å². The van der Waals surface area contributed by atoms with Crippen molar-refractivity contribution < 1.29 is 0 Å². The molecule has 7 heteroatoms. The third-order valence-corrected chi connectivity index (χ3v) is 4.44. The van der Waals surface area contributed by atoms with Gasteiger partial charge in [-0.05, 0) is 28.8 Å². The van der Waals surface area contributed by atoms with Gasteiger partial charge in [-0.1, -0.05) is 35.4 Å². The summed E-state index contributed by atoms with van der Waals surface area (Å²) in [6, 6.07) is 10.3. The first-order chi connectivity index (χ1) is 11.3. The van der Waals surface area contributed by atoms with Crippen LogP contribution in [-0.2, 0) is 7.05 Å². The van der Waals surface area contributed by atoms with E-state index in [0.29, 0.717) is 5.92 Å². The molecule has 1 fully saturated rings. The van der Waals surface area contributed by atoms with Crippen LogP contribution < -0.4 is 4.90 Å². The molecule has 0 amide bonds. The maximum absolute atomic E-state index is 4.60. The van der Waals surface area contributed by atoms with E-state index in [9.17, 15) is 0 Å². The molecule has 0 atom stereocenters. The zero-order chi connectivity index (χ0) is 15.6. The van der Waals surface area contributed by atoms with Gasteiger partial charge in [-0.15, -0.1) is 0 Å². The van der Waals surface area contributed by atoms with E-state index in [1.165, 1.54) is 5.56 Å². The third kappa shape index (κ3) is 2.69. The molecular weight excluding hydrogens is 290 g/mol. The lowest BCUT2D eigenvalue weighted by atomic mass is 9.96. The Morgan fingerprint density at radius 2 is 1.91 bits per heavy atom. The first-order valence-electron chi connectivity index (χ1n) is 7.89. The molecule has 4 rings (SSSR count). The Bertz CT molecular complexity index is 769. The average Bonchev–Trinajstić information content (AvgIpc) is 3.25. The van der Waals surface area contributed by atoms with Gasteiger partial charge in [0, 0.05) is 26.1 Å². The highest BCUT2D eigenvalue weighted by Crippen LogP contribution is 2.29. The number of hydrogen-bond donors (Lipinski definition) is 1. The van der Waals surface area contributed by atoms with Crippen molar-refractivity contribution in [3.05, 3.63) is 42.4 Å². The summed E-state index contributed by atoms with van der Waals surface area (Å²) < 4.78 is 1.72. The first kappa shape index (κ1) is 13.9. The quantitative estimate of drug-likeness (QED) is 0.800. The normalized spacial score (nSPS) is 16.0. The third-order valence-electron chi connectivity index (χ3n) is 4.44. The molecule has 0 bridgehead atoms. The lowest BCUT2D eigenvalue weighted by molar-refractivity contribution is 0.479. The van der Waals surface area contributed by atoms with Crippen LogP contribution in [-0.4, -0.2) is 43.3 Å². The van der Waals surface area contributed by atoms with Crippen molar-refractivity contribution in [3.63, 3.8) is 0 Å². The SMILES string of the molecule is Cn1nnnc1N1CCC(c2ncc(-c3ccccc3)[nH]2)CC1. The molecule has 0 spiro atoms. The fourth-order valence-electron chi connectivity index (χ4n) is 3.15. The second-order valence-electron chi connectivity index (χ2n) is 5.91. The second-order valence-corrected chi connectivity index (χ2v) is 5.91. The van der Waals surface area contributed by atoms with E-state index in [2.05, 4.69) is 42.5 Å². The molecule has 1 saturated heterocycles. The van der Waals surface area contributed by atoms with Crippen LogP contribution in [0.25, 0.3) is 11.3 Å². The summed E-state index contributed by atoms with van der Waals surface area (Å²) >= 11 is 0. The van der Waals surface area contributed by atoms with E-state index < -0.39 is 0 Å². The van der Waals surface area contributed by atoms with Crippen molar-refractivity contribution in [1.29, 1.82) is 0 Å². The summed E-state index contributed by atoms with van der Waals surface area (Å²) in [5.41, 5.74) is 2.26. The summed E-state index contributed by atoms with van der Waals surface area (Å²) in [5.74, 6) is 2.39. The summed E-state index contributed by atoms with van der Waals surface area (Å²) in [4.78, 5) is 10.3. The highest BCUT2D eigenvalue weighted by molar-refractivity contribution is 5.58. The Morgan fingerprint density at radius 1 is 1.13 bits per heavy atom. The van der Waals surface area contributed by atoms with Crippen molar-refractivity contribution in [2.75, 3.05) is 18.0 Å². The zero-order valence-corrected chi connectivity index (χ0v) is 13.1. The first-order valence-corrected chi connectivity index (χ1v) is 7.89. The number of aromatic amines is 1. The number of tetrazole rings is 1.